The van der Waals surface area contributed by atoms with Crippen LogP contribution in [0.1, 0.15) is 35.4 Å². The molecule has 31 heavy (non-hydrogen) atoms. The number of carbonyl (C=O) groups excluding carboxylic acids is 3. The van der Waals surface area contributed by atoms with Gasteiger partial charge in [-0.2, -0.15) is 0 Å². The van der Waals surface area contributed by atoms with Crippen molar-refractivity contribution in [3.8, 4) is 0 Å². The summed E-state index contributed by atoms with van der Waals surface area (Å²) in [5, 5.41) is 3.08. The fraction of sp³-hybridized carbons (Fsp3) is 0.409. The minimum atomic E-state index is -0.148. The Labute approximate surface area is 189 Å². The molecule has 0 unspecified atom stereocenters. The van der Waals surface area contributed by atoms with Crippen molar-refractivity contribution >= 4 is 52.2 Å². The molecule has 0 saturated carbocycles. The number of thiophene rings is 1. The van der Waals surface area contributed by atoms with Crippen molar-refractivity contribution in [3.05, 3.63) is 45.6 Å². The molecule has 0 radical (unpaired) electrons. The van der Waals surface area contributed by atoms with Crippen LogP contribution in [0, 0.1) is 0 Å². The third-order valence-electron chi connectivity index (χ3n) is 6.30. The number of nitrogens with zero attached hydrogens (tertiary/aromatic N) is 3. The average Bonchev–Trinajstić information content (AvgIpc) is 3.46. The van der Waals surface area contributed by atoms with Crippen LogP contribution in [-0.4, -0.2) is 54.5 Å². The Morgan fingerprint density at radius 1 is 1.00 bits per heavy atom. The van der Waals surface area contributed by atoms with E-state index >= 15 is 0 Å². The van der Waals surface area contributed by atoms with Crippen molar-refractivity contribution < 1.29 is 14.4 Å². The van der Waals surface area contributed by atoms with E-state index in [0.717, 1.165) is 37.2 Å². The lowest BCUT2D eigenvalue weighted by Gasteiger charge is -2.27. The Balaban J connectivity index is 1.27. The van der Waals surface area contributed by atoms with Crippen molar-refractivity contribution in [2.75, 3.05) is 29.4 Å². The first-order valence-corrected chi connectivity index (χ1v) is 11.8. The van der Waals surface area contributed by atoms with Crippen LogP contribution in [0.15, 0.2) is 36.4 Å². The summed E-state index contributed by atoms with van der Waals surface area (Å²) >= 11 is 7.19. The van der Waals surface area contributed by atoms with E-state index in [0.29, 0.717) is 28.7 Å². The van der Waals surface area contributed by atoms with Gasteiger partial charge in [0.15, 0.2) is 0 Å². The molecule has 3 aliphatic heterocycles. The summed E-state index contributed by atoms with van der Waals surface area (Å²) in [5.74, 6) is 0.00713. The van der Waals surface area contributed by atoms with E-state index in [4.69, 9.17) is 11.6 Å². The van der Waals surface area contributed by atoms with Crippen LogP contribution in [0.3, 0.4) is 0 Å². The summed E-state index contributed by atoms with van der Waals surface area (Å²) in [7, 11) is 0. The number of fused-ring (bicyclic) bond motifs is 1. The number of hydrogen-bond acceptors (Lipinski definition) is 4. The van der Waals surface area contributed by atoms with Crippen LogP contribution < -0.4 is 15.1 Å². The number of anilines is 2. The second-order valence-electron chi connectivity index (χ2n) is 8.15. The van der Waals surface area contributed by atoms with Gasteiger partial charge in [-0.3, -0.25) is 14.5 Å². The van der Waals surface area contributed by atoms with E-state index in [-0.39, 0.29) is 29.9 Å². The predicted octanol–water partition coefficient (Wildman–Crippen LogP) is 3.73. The van der Waals surface area contributed by atoms with Gasteiger partial charge in [0.2, 0.25) is 5.91 Å². The SMILES string of the molecule is O=C(N[C@@H]1CCN2C(=O)N(c3ccc(N4CCCCC4=O)cc3)C[C@H]12)c1ccc(Cl)s1. The molecule has 2 aromatic rings. The third kappa shape index (κ3) is 3.78. The number of benzene rings is 1. The highest BCUT2D eigenvalue weighted by molar-refractivity contribution is 7.18. The lowest BCUT2D eigenvalue weighted by molar-refractivity contribution is -0.119. The molecule has 162 valence electrons. The highest BCUT2D eigenvalue weighted by atomic mass is 35.5. The molecule has 1 N–H and O–H groups in total. The standard InChI is InChI=1S/C22H23ClN4O3S/c23-19-9-8-18(31-19)21(29)24-16-10-12-26-17(16)13-27(22(26)30)15-6-4-14(5-7-15)25-11-2-1-3-20(25)28/h4-9,16-17H,1-3,10-13H2,(H,24,29)/t16-,17-/m1/s1. The van der Waals surface area contributed by atoms with Gasteiger partial charge >= 0.3 is 6.03 Å². The van der Waals surface area contributed by atoms with E-state index in [1.807, 2.05) is 34.1 Å². The highest BCUT2D eigenvalue weighted by Gasteiger charge is 2.46. The van der Waals surface area contributed by atoms with Crippen LogP contribution in [0.4, 0.5) is 16.2 Å². The van der Waals surface area contributed by atoms with E-state index < -0.39 is 0 Å². The zero-order valence-corrected chi connectivity index (χ0v) is 18.5. The Kier molecular flexibility index (Phi) is 5.35. The molecule has 7 nitrogen and oxygen atoms in total. The van der Waals surface area contributed by atoms with Crippen LogP contribution in [0.5, 0.6) is 0 Å². The normalized spacial score (nSPS) is 23.5. The molecular formula is C22H23ClN4O3S. The first-order valence-electron chi connectivity index (χ1n) is 10.6. The van der Waals surface area contributed by atoms with E-state index in [1.54, 1.807) is 17.0 Å². The smallest absolute Gasteiger partial charge is 0.324 e. The van der Waals surface area contributed by atoms with Crippen molar-refractivity contribution in [1.82, 2.24) is 10.2 Å². The molecule has 0 bridgehead atoms. The Morgan fingerprint density at radius 2 is 1.74 bits per heavy atom. The topological polar surface area (TPSA) is 73.0 Å². The molecule has 1 aromatic heterocycles. The Bertz CT molecular complexity index is 1020. The summed E-state index contributed by atoms with van der Waals surface area (Å²) in [5.41, 5.74) is 1.68. The second kappa shape index (κ2) is 8.16. The van der Waals surface area contributed by atoms with Gasteiger partial charge in [0.25, 0.3) is 5.91 Å². The number of hydrogen-bond donors (Lipinski definition) is 1. The molecule has 4 heterocycles. The number of urea groups is 1. The number of nitrogens with one attached hydrogen (secondary N) is 1. The van der Waals surface area contributed by atoms with Crippen LogP contribution in [-0.2, 0) is 4.79 Å². The maximum atomic E-state index is 13.0. The van der Waals surface area contributed by atoms with E-state index in [1.165, 1.54) is 11.3 Å². The van der Waals surface area contributed by atoms with Crippen molar-refractivity contribution in [2.45, 2.75) is 37.8 Å². The average molecular weight is 459 g/mol. The van der Waals surface area contributed by atoms with Gasteiger partial charge < -0.3 is 15.1 Å². The second-order valence-corrected chi connectivity index (χ2v) is 9.86. The van der Waals surface area contributed by atoms with Gasteiger partial charge in [-0.15, -0.1) is 11.3 Å². The van der Waals surface area contributed by atoms with Crippen LogP contribution >= 0.6 is 22.9 Å². The molecule has 3 aliphatic rings. The molecular weight excluding hydrogens is 436 g/mol. The van der Waals surface area contributed by atoms with Gasteiger partial charge in [0.05, 0.1) is 27.8 Å². The molecule has 9 heteroatoms. The summed E-state index contributed by atoms with van der Waals surface area (Å²) in [6.45, 7) is 1.89. The number of carbonyl (C=O) groups is 3. The minimum absolute atomic E-state index is 0.0392. The van der Waals surface area contributed by atoms with Gasteiger partial charge in [-0.05, 0) is 55.7 Å². The molecule has 3 saturated heterocycles. The predicted molar refractivity (Wildman–Crippen MR) is 121 cm³/mol. The van der Waals surface area contributed by atoms with Crippen LogP contribution in [0.2, 0.25) is 4.34 Å². The number of piperidine rings is 1. The number of rotatable bonds is 4. The fourth-order valence-corrected chi connectivity index (χ4v) is 5.63. The number of amides is 4. The van der Waals surface area contributed by atoms with E-state index in [9.17, 15) is 14.4 Å². The largest absolute Gasteiger partial charge is 0.346 e. The van der Waals surface area contributed by atoms with Gasteiger partial charge in [0, 0.05) is 30.9 Å². The monoisotopic (exact) mass is 458 g/mol. The summed E-state index contributed by atoms with van der Waals surface area (Å²) < 4.78 is 0.579. The maximum Gasteiger partial charge on any atom is 0.324 e. The Hall–Kier alpha value is -2.58. The zero-order chi connectivity index (χ0) is 21.5. The first-order chi connectivity index (χ1) is 15.0. The summed E-state index contributed by atoms with van der Waals surface area (Å²) in [6.07, 6.45) is 3.29. The number of halogens is 1. The quantitative estimate of drug-likeness (QED) is 0.758. The van der Waals surface area contributed by atoms with Gasteiger partial charge in [-0.25, -0.2) is 4.79 Å². The Morgan fingerprint density at radius 3 is 2.42 bits per heavy atom. The highest BCUT2D eigenvalue weighted by Crippen LogP contribution is 2.32. The molecule has 3 fully saturated rings. The van der Waals surface area contributed by atoms with Gasteiger partial charge in [-0.1, -0.05) is 11.6 Å². The van der Waals surface area contributed by atoms with Crippen molar-refractivity contribution in [2.24, 2.45) is 0 Å². The van der Waals surface area contributed by atoms with Gasteiger partial charge in [0.1, 0.15) is 0 Å². The lowest BCUT2D eigenvalue weighted by atomic mass is 10.1. The fourth-order valence-electron chi connectivity index (χ4n) is 4.69. The van der Waals surface area contributed by atoms with E-state index in [2.05, 4.69) is 5.32 Å². The zero-order valence-electron chi connectivity index (χ0n) is 16.9. The third-order valence-corrected chi connectivity index (χ3v) is 7.53. The molecule has 4 amide bonds. The summed E-state index contributed by atoms with van der Waals surface area (Å²) in [6, 6.07) is 10.9. The molecule has 2 atom stereocenters. The van der Waals surface area contributed by atoms with Crippen molar-refractivity contribution in [3.63, 3.8) is 0 Å². The summed E-state index contributed by atoms with van der Waals surface area (Å²) in [4.78, 5) is 43.7. The molecule has 1 aromatic carbocycles. The molecule has 0 spiro atoms. The maximum absolute atomic E-state index is 13.0. The molecule has 0 aliphatic carbocycles. The first kappa shape index (κ1) is 20.3. The minimum Gasteiger partial charge on any atom is -0.346 e. The molecule has 5 rings (SSSR count). The van der Waals surface area contributed by atoms with Crippen molar-refractivity contribution in [1.29, 1.82) is 0 Å². The lowest BCUT2D eigenvalue weighted by Crippen LogP contribution is -2.44. The van der Waals surface area contributed by atoms with Crippen LogP contribution in [0.25, 0.3) is 0 Å².